The van der Waals surface area contributed by atoms with Gasteiger partial charge in [-0.25, -0.2) is 28.1 Å². The molecule has 1 saturated carbocycles. The van der Waals surface area contributed by atoms with Gasteiger partial charge in [-0.2, -0.15) is 14.3 Å². The second-order valence-corrected chi connectivity index (χ2v) is 12.1. The van der Waals surface area contributed by atoms with E-state index in [9.17, 15) is 18.8 Å². The molecule has 1 aliphatic carbocycles. The Balaban J connectivity index is 0.000000488. The first-order chi connectivity index (χ1) is 20.5. The molecule has 0 unspecified atom stereocenters. The molecule has 0 radical (unpaired) electrons. The van der Waals surface area contributed by atoms with Gasteiger partial charge in [0.25, 0.3) is 0 Å². The van der Waals surface area contributed by atoms with Gasteiger partial charge in [-0.05, 0) is 87.4 Å². The van der Waals surface area contributed by atoms with Crippen molar-refractivity contribution in [2.24, 2.45) is 7.05 Å². The van der Waals surface area contributed by atoms with Crippen LogP contribution in [0.15, 0.2) is 35.3 Å². The molecule has 5 N–H and O–H groups in total. The van der Waals surface area contributed by atoms with Crippen molar-refractivity contribution in [3.63, 3.8) is 0 Å². The Morgan fingerprint density at radius 2 is 1.64 bits per heavy atom. The van der Waals surface area contributed by atoms with Crippen LogP contribution in [0.2, 0.25) is 0 Å². The van der Waals surface area contributed by atoms with Crippen LogP contribution >= 0.6 is 0 Å². The fourth-order valence-electron chi connectivity index (χ4n) is 5.45. The molecule has 3 aromatic rings. The van der Waals surface area contributed by atoms with Gasteiger partial charge in [0.05, 0.1) is 17.6 Å². The van der Waals surface area contributed by atoms with E-state index in [1.54, 1.807) is 0 Å². The number of hydrogen-bond donors (Lipinski definition) is 5. The molecule has 1 aliphatic heterocycles. The maximum atomic E-state index is 15.1. The number of benzene rings is 1. The maximum Gasteiger partial charge on any atom is 0.368 e. The number of anilines is 3. The molecule has 44 heavy (non-hydrogen) atoms. The van der Waals surface area contributed by atoms with Gasteiger partial charge >= 0.3 is 17.6 Å². The zero-order valence-corrected chi connectivity index (χ0v) is 24.9. The van der Waals surface area contributed by atoms with E-state index < -0.39 is 29.3 Å². The number of piperidine rings is 1. The fraction of sp³-hybridized carbons (Fsp3) is 0.464. The molecule has 5 rings (SSSR count). The molecule has 2 fully saturated rings. The summed E-state index contributed by atoms with van der Waals surface area (Å²) in [6.07, 6.45) is 5.54. The SMILES string of the molecule is Cn1nnn(-c2cc(Nc3ncc(F)c(NC4CC(C)(C)NC(C)(C)C4)n3)c(F)cc2C2CC2)c1=O.O=C(O)/C=C\C(=O)O. The van der Waals surface area contributed by atoms with Crippen LogP contribution in [0.5, 0.6) is 0 Å². The Hall–Kier alpha value is -4.73. The van der Waals surface area contributed by atoms with E-state index in [2.05, 4.69) is 64.0 Å². The molecule has 1 aromatic carbocycles. The summed E-state index contributed by atoms with van der Waals surface area (Å²) in [6.45, 7) is 8.44. The number of rotatable bonds is 8. The largest absolute Gasteiger partial charge is 0.478 e. The second kappa shape index (κ2) is 12.5. The predicted molar refractivity (Wildman–Crippen MR) is 156 cm³/mol. The highest BCUT2D eigenvalue weighted by atomic mass is 19.1. The van der Waals surface area contributed by atoms with Crippen molar-refractivity contribution in [1.29, 1.82) is 0 Å². The lowest BCUT2D eigenvalue weighted by atomic mass is 9.79. The maximum absolute atomic E-state index is 15.1. The minimum absolute atomic E-state index is 0.0156. The Morgan fingerprint density at radius 3 is 2.16 bits per heavy atom. The number of halogens is 2. The lowest BCUT2D eigenvalue weighted by Gasteiger charge is -2.46. The molecular weight excluding hydrogens is 580 g/mol. The van der Waals surface area contributed by atoms with Crippen LogP contribution < -0.4 is 21.6 Å². The molecule has 1 saturated heterocycles. The van der Waals surface area contributed by atoms with Gasteiger partial charge in [0, 0.05) is 36.3 Å². The number of nitrogens with zero attached hydrogens (tertiary/aromatic N) is 6. The number of tetrazole rings is 1. The highest BCUT2D eigenvalue weighted by molar-refractivity contribution is 5.89. The van der Waals surface area contributed by atoms with Gasteiger partial charge in [-0.1, -0.05) is 0 Å². The molecule has 2 aliphatic rings. The lowest BCUT2D eigenvalue weighted by Crippen LogP contribution is -2.60. The summed E-state index contributed by atoms with van der Waals surface area (Å²) < 4.78 is 32.0. The smallest absolute Gasteiger partial charge is 0.368 e. The zero-order chi connectivity index (χ0) is 32.4. The summed E-state index contributed by atoms with van der Waals surface area (Å²) in [4.78, 5) is 39.9. The standard InChI is InChI=1S/C24H31F2N9O.C4H4O4/c1-23(2)10-14(11-24(3,4)31-23)28-20-17(26)12-27-21(30-20)29-18-9-19(35-22(36)34(5)32-33-35)15(8-16(18)25)13-6-7-13;5-3(6)1-2-4(7)8/h8-9,12-14,31H,6-7,10-11H2,1-5H3,(H2,27,28,29,30);1-2H,(H,5,6)(H,7,8)/b;2-1-. The van der Waals surface area contributed by atoms with E-state index in [4.69, 9.17) is 10.2 Å². The van der Waals surface area contributed by atoms with E-state index in [0.717, 1.165) is 41.2 Å². The van der Waals surface area contributed by atoms with Crippen LogP contribution in [0.3, 0.4) is 0 Å². The highest BCUT2D eigenvalue weighted by Gasteiger charge is 2.38. The van der Waals surface area contributed by atoms with Crippen molar-refractivity contribution < 1.29 is 28.6 Å². The molecule has 14 nitrogen and oxygen atoms in total. The van der Waals surface area contributed by atoms with Gasteiger partial charge in [0.2, 0.25) is 5.95 Å². The normalized spacial score (nSPS) is 17.5. The summed E-state index contributed by atoms with van der Waals surface area (Å²) in [5, 5.41) is 33.0. The monoisotopic (exact) mass is 615 g/mol. The number of aryl methyl sites for hydroxylation is 1. The quantitative estimate of drug-likeness (QED) is 0.233. The van der Waals surface area contributed by atoms with E-state index in [-0.39, 0.29) is 40.5 Å². The predicted octanol–water partition coefficient (Wildman–Crippen LogP) is 3.09. The van der Waals surface area contributed by atoms with Crippen LogP contribution in [-0.4, -0.2) is 69.0 Å². The van der Waals surface area contributed by atoms with E-state index in [1.807, 2.05) is 0 Å². The first-order valence-electron chi connectivity index (χ1n) is 13.9. The van der Waals surface area contributed by atoms with Crippen molar-refractivity contribution in [2.45, 2.75) is 76.4 Å². The molecule has 236 valence electrons. The van der Waals surface area contributed by atoms with Crippen LogP contribution in [-0.2, 0) is 16.6 Å². The van der Waals surface area contributed by atoms with Crippen LogP contribution in [0.25, 0.3) is 5.69 Å². The number of hydrogen-bond acceptors (Lipinski definition) is 10. The summed E-state index contributed by atoms with van der Waals surface area (Å²) in [5.41, 5.74) is 0.481. The summed E-state index contributed by atoms with van der Waals surface area (Å²) in [7, 11) is 1.50. The van der Waals surface area contributed by atoms with E-state index in [1.165, 1.54) is 19.2 Å². The number of aliphatic carboxylic acids is 2. The third-order valence-electron chi connectivity index (χ3n) is 6.97. The Kier molecular flexibility index (Phi) is 9.13. The number of carboxylic acids is 2. The van der Waals surface area contributed by atoms with Gasteiger partial charge in [0.1, 0.15) is 5.82 Å². The molecule has 0 atom stereocenters. The molecule has 0 amide bonds. The number of carboxylic acid groups (broad SMARTS) is 2. The average Bonchev–Trinajstić information content (AvgIpc) is 3.69. The second-order valence-electron chi connectivity index (χ2n) is 12.1. The molecule has 0 bridgehead atoms. The topological polar surface area (TPSA) is 189 Å². The average molecular weight is 616 g/mol. The molecule has 3 heterocycles. The molecular formula is C28H35F2N9O5. The summed E-state index contributed by atoms with van der Waals surface area (Å²) in [6, 6.07) is 2.88. The zero-order valence-electron chi connectivity index (χ0n) is 24.9. The van der Waals surface area contributed by atoms with Crippen molar-refractivity contribution in [2.75, 3.05) is 10.6 Å². The van der Waals surface area contributed by atoms with Crippen molar-refractivity contribution in [3.8, 4) is 5.69 Å². The third-order valence-corrected chi connectivity index (χ3v) is 6.97. The van der Waals surface area contributed by atoms with Crippen LogP contribution in [0.1, 0.15) is 64.9 Å². The van der Waals surface area contributed by atoms with Crippen molar-refractivity contribution in [1.82, 2.24) is 35.1 Å². The first-order valence-corrected chi connectivity index (χ1v) is 13.9. The molecule has 0 spiro atoms. The number of carbonyl (C=O) groups is 2. The van der Waals surface area contributed by atoms with Gasteiger partial charge in [-0.3, -0.25) is 0 Å². The minimum Gasteiger partial charge on any atom is -0.478 e. The highest BCUT2D eigenvalue weighted by Crippen LogP contribution is 2.44. The summed E-state index contributed by atoms with van der Waals surface area (Å²) in [5.74, 6) is -3.39. The lowest BCUT2D eigenvalue weighted by molar-refractivity contribution is -0.134. The third kappa shape index (κ3) is 8.21. The van der Waals surface area contributed by atoms with Gasteiger partial charge in [-0.15, -0.1) is 0 Å². The van der Waals surface area contributed by atoms with E-state index in [0.29, 0.717) is 23.4 Å². The molecule has 16 heteroatoms. The first kappa shape index (κ1) is 32.2. The Morgan fingerprint density at radius 1 is 1.02 bits per heavy atom. The Bertz CT molecular complexity index is 1610. The number of nitrogens with one attached hydrogen (secondary N) is 3. The Labute approximate surface area is 251 Å². The van der Waals surface area contributed by atoms with E-state index >= 15 is 4.39 Å². The minimum atomic E-state index is -1.26. The van der Waals surface area contributed by atoms with Crippen molar-refractivity contribution >= 4 is 29.4 Å². The molecule has 2 aromatic heterocycles. The van der Waals surface area contributed by atoms with Crippen LogP contribution in [0.4, 0.5) is 26.2 Å². The van der Waals surface area contributed by atoms with Gasteiger partial charge < -0.3 is 26.2 Å². The van der Waals surface area contributed by atoms with Gasteiger partial charge in [0.15, 0.2) is 11.6 Å². The van der Waals surface area contributed by atoms with Crippen molar-refractivity contribution in [3.05, 3.63) is 58.2 Å². The number of aromatic nitrogens is 6. The summed E-state index contributed by atoms with van der Waals surface area (Å²) >= 11 is 0. The fourth-order valence-corrected chi connectivity index (χ4v) is 5.45. The van der Waals surface area contributed by atoms with Crippen LogP contribution in [0, 0.1) is 11.6 Å².